The highest BCUT2D eigenvalue weighted by atomic mass is 32.2. The first-order valence-corrected chi connectivity index (χ1v) is 14.0. The number of hydrogen-bond donors (Lipinski definition) is 1. The molecule has 0 radical (unpaired) electrons. The second-order valence-electron chi connectivity index (χ2n) is 9.64. The molecular formula is C29H31N3O5S. The molecule has 1 aliphatic rings. The quantitative estimate of drug-likeness (QED) is 0.353. The fraction of sp³-hybridized carbons (Fsp3) is 0.276. The molecule has 1 fully saturated rings. The third-order valence-electron chi connectivity index (χ3n) is 7.14. The molecule has 38 heavy (non-hydrogen) atoms. The molecule has 0 aliphatic carbocycles. The molecular weight excluding hydrogens is 502 g/mol. The summed E-state index contributed by atoms with van der Waals surface area (Å²) in [6.07, 6.45) is 0.538. The molecule has 1 aromatic heterocycles. The number of rotatable bonds is 8. The minimum atomic E-state index is -3.96. The molecule has 0 bridgehead atoms. The van der Waals surface area contributed by atoms with Gasteiger partial charge in [0.2, 0.25) is 5.76 Å². The van der Waals surface area contributed by atoms with Crippen LogP contribution >= 0.6 is 0 Å². The summed E-state index contributed by atoms with van der Waals surface area (Å²) in [6.45, 7) is 5.69. The summed E-state index contributed by atoms with van der Waals surface area (Å²) >= 11 is 0. The Morgan fingerprint density at radius 2 is 1.66 bits per heavy atom. The molecule has 0 saturated carbocycles. The van der Waals surface area contributed by atoms with Crippen molar-refractivity contribution in [2.75, 3.05) is 49.0 Å². The summed E-state index contributed by atoms with van der Waals surface area (Å²) in [4.78, 5) is 16.2. The van der Waals surface area contributed by atoms with Crippen molar-refractivity contribution in [3.05, 3.63) is 89.7 Å². The van der Waals surface area contributed by atoms with Crippen LogP contribution in [0, 0.1) is 6.92 Å². The molecule has 0 spiro atoms. The molecule has 0 atom stereocenters. The number of carbonyl (C=O) groups is 1. The molecule has 5 rings (SSSR count). The fourth-order valence-electron chi connectivity index (χ4n) is 4.85. The van der Waals surface area contributed by atoms with Crippen LogP contribution in [0.15, 0.2) is 82.1 Å². The highest BCUT2D eigenvalue weighted by Crippen LogP contribution is 2.31. The van der Waals surface area contributed by atoms with Gasteiger partial charge in [-0.3, -0.25) is 4.31 Å². The Morgan fingerprint density at radius 3 is 2.32 bits per heavy atom. The Kier molecular flexibility index (Phi) is 7.14. The van der Waals surface area contributed by atoms with Crippen molar-refractivity contribution < 1.29 is 22.7 Å². The van der Waals surface area contributed by atoms with Crippen molar-refractivity contribution in [3.8, 4) is 0 Å². The molecule has 2 heterocycles. The number of piperazine rings is 1. The van der Waals surface area contributed by atoms with Crippen LogP contribution in [-0.4, -0.2) is 64.2 Å². The van der Waals surface area contributed by atoms with E-state index in [1.807, 2.05) is 54.6 Å². The normalized spacial score (nSPS) is 14.6. The highest BCUT2D eigenvalue weighted by Gasteiger charge is 2.27. The lowest BCUT2D eigenvalue weighted by atomic mass is 10.1. The number of hydrogen-bond acceptors (Lipinski definition) is 6. The Labute approximate surface area is 222 Å². The van der Waals surface area contributed by atoms with Gasteiger partial charge in [0.15, 0.2) is 0 Å². The number of carboxylic acids is 1. The van der Waals surface area contributed by atoms with E-state index in [0.717, 1.165) is 37.4 Å². The highest BCUT2D eigenvalue weighted by molar-refractivity contribution is 7.92. The van der Waals surface area contributed by atoms with Gasteiger partial charge in [-0.2, -0.15) is 0 Å². The number of furan rings is 1. The van der Waals surface area contributed by atoms with Crippen molar-refractivity contribution in [2.45, 2.75) is 18.2 Å². The molecule has 1 N–H and O–H groups in total. The van der Waals surface area contributed by atoms with Gasteiger partial charge in [0.25, 0.3) is 10.0 Å². The van der Waals surface area contributed by atoms with E-state index in [9.17, 15) is 18.3 Å². The first kappa shape index (κ1) is 25.8. The maximum absolute atomic E-state index is 14.0. The Hall–Kier alpha value is -3.82. The number of fused-ring (bicyclic) bond motifs is 1. The van der Waals surface area contributed by atoms with Crippen LogP contribution in [-0.2, 0) is 16.4 Å². The second-order valence-corrected chi connectivity index (χ2v) is 11.5. The van der Waals surface area contributed by atoms with Crippen LogP contribution in [0.4, 0.5) is 11.4 Å². The number of nitrogens with zero attached hydrogens (tertiary/aromatic N) is 3. The topological polar surface area (TPSA) is 94.3 Å². The number of aromatic carboxylic acids is 1. The van der Waals surface area contributed by atoms with E-state index >= 15 is 0 Å². The van der Waals surface area contributed by atoms with Crippen molar-refractivity contribution in [2.24, 2.45) is 0 Å². The lowest BCUT2D eigenvalue weighted by Gasteiger charge is -2.34. The summed E-state index contributed by atoms with van der Waals surface area (Å²) in [6, 6.07) is 22.0. The average molecular weight is 534 g/mol. The average Bonchev–Trinajstić information content (AvgIpc) is 3.26. The Morgan fingerprint density at radius 1 is 0.974 bits per heavy atom. The van der Waals surface area contributed by atoms with Gasteiger partial charge in [-0.25, -0.2) is 13.2 Å². The minimum Gasteiger partial charge on any atom is -0.475 e. The SMILES string of the molecule is Cc1c(C(=O)O)oc2ccc(S(=O)(=O)N(CCc3ccccc3)c3ccc(N4CCN(C)CC4)cc3)cc12. The number of benzene rings is 3. The number of likely N-dealkylation sites (N-methyl/N-ethyl adjacent to an activating group) is 1. The fourth-order valence-corrected chi connectivity index (χ4v) is 6.34. The third kappa shape index (κ3) is 5.12. The Bertz CT molecular complexity index is 1540. The van der Waals surface area contributed by atoms with Crippen LogP contribution in [0.5, 0.6) is 0 Å². The maximum Gasteiger partial charge on any atom is 0.372 e. The predicted molar refractivity (Wildman–Crippen MR) is 149 cm³/mol. The summed E-state index contributed by atoms with van der Waals surface area (Å²) in [5, 5.41) is 9.88. The summed E-state index contributed by atoms with van der Waals surface area (Å²) in [5.74, 6) is -1.37. The summed E-state index contributed by atoms with van der Waals surface area (Å²) < 4.78 is 34.9. The van der Waals surface area contributed by atoms with Crippen molar-refractivity contribution >= 4 is 38.3 Å². The maximum atomic E-state index is 14.0. The van der Waals surface area contributed by atoms with E-state index in [1.165, 1.54) is 22.5 Å². The largest absolute Gasteiger partial charge is 0.475 e. The third-order valence-corrected chi connectivity index (χ3v) is 8.97. The number of carboxylic acid groups (broad SMARTS) is 1. The van der Waals surface area contributed by atoms with Crippen LogP contribution in [0.25, 0.3) is 11.0 Å². The van der Waals surface area contributed by atoms with Gasteiger partial charge in [-0.05, 0) is 68.4 Å². The minimum absolute atomic E-state index is 0.0852. The molecule has 3 aromatic carbocycles. The molecule has 198 valence electrons. The standard InChI is InChI=1S/C29H31N3O5S/c1-21-26-20-25(12-13-27(26)37-28(21)29(33)34)38(35,36)32(15-14-22-6-4-3-5-7-22)24-10-8-23(9-11-24)31-18-16-30(2)17-19-31/h3-13,20H,14-19H2,1-2H3,(H,33,34). The lowest BCUT2D eigenvalue weighted by molar-refractivity contribution is 0.0664. The van der Waals surface area contributed by atoms with E-state index in [0.29, 0.717) is 28.6 Å². The van der Waals surface area contributed by atoms with Crippen LogP contribution in [0.3, 0.4) is 0 Å². The van der Waals surface area contributed by atoms with Gasteiger partial charge in [-0.15, -0.1) is 0 Å². The van der Waals surface area contributed by atoms with Gasteiger partial charge < -0.3 is 19.3 Å². The van der Waals surface area contributed by atoms with Gasteiger partial charge in [0.1, 0.15) is 5.58 Å². The molecule has 1 saturated heterocycles. The molecule has 0 unspecified atom stereocenters. The van der Waals surface area contributed by atoms with Crippen molar-refractivity contribution in [1.29, 1.82) is 0 Å². The van der Waals surface area contributed by atoms with Gasteiger partial charge in [0, 0.05) is 49.4 Å². The van der Waals surface area contributed by atoms with Crippen LogP contribution in [0.2, 0.25) is 0 Å². The number of anilines is 2. The van der Waals surface area contributed by atoms with Gasteiger partial charge >= 0.3 is 5.97 Å². The second kappa shape index (κ2) is 10.5. The zero-order valence-corrected chi connectivity index (χ0v) is 22.3. The number of aryl methyl sites for hydroxylation is 1. The van der Waals surface area contributed by atoms with Crippen molar-refractivity contribution in [3.63, 3.8) is 0 Å². The zero-order chi connectivity index (χ0) is 26.9. The van der Waals surface area contributed by atoms with E-state index < -0.39 is 16.0 Å². The van der Waals surface area contributed by atoms with E-state index in [1.54, 1.807) is 6.92 Å². The predicted octanol–water partition coefficient (Wildman–Crippen LogP) is 4.63. The molecule has 9 heteroatoms. The van der Waals surface area contributed by atoms with E-state index in [-0.39, 0.29) is 17.2 Å². The smallest absolute Gasteiger partial charge is 0.372 e. The van der Waals surface area contributed by atoms with Crippen LogP contribution < -0.4 is 9.21 Å². The van der Waals surface area contributed by atoms with Crippen LogP contribution in [0.1, 0.15) is 21.7 Å². The van der Waals surface area contributed by atoms with Crippen molar-refractivity contribution in [1.82, 2.24) is 4.90 Å². The van der Waals surface area contributed by atoms with E-state index in [4.69, 9.17) is 4.42 Å². The van der Waals surface area contributed by atoms with Gasteiger partial charge in [-0.1, -0.05) is 30.3 Å². The molecule has 4 aromatic rings. The molecule has 1 aliphatic heterocycles. The van der Waals surface area contributed by atoms with Gasteiger partial charge in [0.05, 0.1) is 10.6 Å². The first-order valence-electron chi connectivity index (χ1n) is 12.6. The number of sulfonamides is 1. The zero-order valence-electron chi connectivity index (χ0n) is 21.5. The molecule has 8 nitrogen and oxygen atoms in total. The Balaban J connectivity index is 1.50. The summed E-state index contributed by atoms with van der Waals surface area (Å²) in [7, 11) is -1.85. The lowest BCUT2D eigenvalue weighted by Crippen LogP contribution is -2.44. The van der Waals surface area contributed by atoms with E-state index in [2.05, 4.69) is 16.8 Å². The summed E-state index contributed by atoms with van der Waals surface area (Å²) in [5.41, 5.74) is 3.42. The molecule has 0 amide bonds. The first-order chi connectivity index (χ1) is 18.2. The monoisotopic (exact) mass is 533 g/mol.